The predicted octanol–water partition coefficient (Wildman–Crippen LogP) is 3.48. The third kappa shape index (κ3) is 4.77. The van der Waals surface area contributed by atoms with Crippen molar-refractivity contribution in [3.8, 4) is 0 Å². The van der Waals surface area contributed by atoms with Crippen LogP contribution in [0, 0.1) is 5.82 Å². The molecule has 0 saturated carbocycles. The van der Waals surface area contributed by atoms with Crippen LogP contribution in [0.4, 0.5) is 10.1 Å². The number of rotatable bonds is 5. The van der Waals surface area contributed by atoms with E-state index in [9.17, 15) is 4.39 Å². The van der Waals surface area contributed by atoms with Gasteiger partial charge in [0, 0.05) is 17.1 Å². The van der Waals surface area contributed by atoms with Gasteiger partial charge in [-0.2, -0.15) is 0 Å². The summed E-state index contributed by atoms with van der Waals surface area (Å²) in [5.74, 6) is -0.259. The van der Waals surface area contributed by atoms with Crippen LogP contribution in [0.25, 0.3) is 0 Å². The summed E-state index contributed by atoms with van der Waals surface area (Å²) in [7, 11) is 4.09. The van der Waals surface area contributed by atoms with Gasteiger partial charge in [-0.3, -0.25) is 0 Å². The van der Waals surface area contributed by atoms with Crippen LogP contribution in [0.2, 0.25) is 0 Å². The lowest BCUT2D eigenvalue weighted by Crippen LogP contribution is -2.36. The molecule has 3 nitrogen and oxygen atoms in total. The Bertz CT molecular complexity index is 567. The highest BCUT2D eigenvalue weighted by atomic mass is 32.1. The normalized spacial score (nSPS) is 12.2. The molecule has 0 aliphatic rings. The number of likely N-dealkylation sites (N-methyl/N-ethyl adjacent to an activating group) is 1. The Balaban J connectivity index is 1.89. The number of anilines is 1. The lowest BCUT2D eigenvalue weighted by atomic mass is 10.2. The average Bonchev–Trinajstić information content (AvgIpc) is 2.95. The number of nitrogens with zero attached hydrogens (tertiary/aromatic N) is 1. The Morgan fingerprint density at radius 1 is 1.29 bits per heavy atom. The molecule has 0 amide bonds. The van der Waals surface area contributed by atoms with Gasteiger partial charge in [-0.25, -0.2) is 4.39 Å². The van der Waals surface area contributed by atoms with Crippen LogP contribution in [0.15, 0.2) is 41.8 Å². The van der Waals surface area contributed by atoms with Crippen LogP contribution in [-0.2, 0) is 0 Å². The molecule has 2 N–H and O–H groups in total. The second kappa shape index (κ2) is 7.49. The Morgan fingerprint density at radius 2 is 2.00 bits per heavy atom. The highest BCUT2D eigenvalue weighted by molar-refractivity contribution is 7.80. The molecule has 1 aromatic carbocycles. The van der Waals surface area contributed by atoms with Crippen molar-refractivity contribution in [2.75, 3.05) is 26.0 Å². The number of nitrogens with one attached hydrogen (secondary N) is 2. The zero-order valence-corrected chi connectivity index (χ0v) is 13.6. The molecule has 2 rings (SSSR count). The van der Waals surface area contributed by atoms with E-state index in [1.165, 1.54) is 17.0 Å². The molecule has 1 atom stereocenters. The molecule has 0 aliphatic heterocycles. The molecule has 0 saturated heterocycles. The minimum Gasteiger partial charge on any atom is -0.360 e. The lowest BCUT2D eigenvalue weighted by molar-refractivity contribution is 0.303. The molecule has 1 aromatic heterocycles. The molecular weight excluding hydrogens is 305 g/mol. The molecular formula is C15H18FN3S2. The first-order chi connectivity index (χ1) is 10.1. The van der Waals surface area contributed by atoms with Crippen LogP contribution in [0.1, 0.15) is 10.9 Å². The molecule has 0 fully saturated rings. The van der Waals surface area contributed by atoms with E-state index in [0.717, 1.165) is 5.69 Å². The summed E-state index contributed by atoms with van der Waals surface area (Å²) in [5, 5.41) is 8.86. The van der Waals surface area contributed by atoms with E-state index in [-0.39, 0.29) is 11.9 Å². The molecule has 0 aliphatic carbocycles. The van der Waals surface area contributed by atoms with Gasteiger partial charge in [-0.1, -0.05) is 6.07 Å². The zero-order valence-electron chi connectivity index (χ0n) is 12.0. The second-order valence-electron chi connectivity index (χ2n) is 4.84. The Morgan fingerprint density at radius 3 is 2.57 bits per heavy atom. The van der Waals surface area contributed by atoms with Crippen molar-refractivity contribution in [1.82, 2.24) is 10.2 Å². The fourth-order valence-corrected chi connectivity index (χ4v) is 3.04. The molecule has 112 valence electrons. The van der Waals surface area contributed by atoms with Crippen LogP contribution >= 0.6 is 23.6 Å². The third-order valence-electron chi connectivity index (χ3n) is 3.05. The van der Waals surface area contributed by atoms with Gasteiger partial charge in [0.1, 0.15) is 5.82 Å². The summed E-state index contributed by atoms with van der Waals surface area (Å²) >= 11 is 7.00. The average molecular weight is 323 g/mol. The van der Waals surface area contributed by atoms with E-state index in [1.54, 1.807) is 23.5 Å². The van der Waals surface area contributed by atoms with E-state index in [0.29, 0.717) is 11.7 Å². The van der Waals surface area contributed by atoms with E-state index >= 15 is 0 Å². The third-order valence-corrected chi connectivity index (χ3v) is 4.27. The number of hydrogen-bond acceptors (Lipinski definition) is 3. The van der Waals surface area contributed by atoms with Gasteiger partial charge in [0.15, 0.2) is 5.11 Å². The molecule has 6 heteroatoms. The standard InChI is InChI=1S/C15H18FN3S2/c1-19(2)13(14-4-3-9-21-14)10-17-15(20)18-12-7-5-11(16)6-8-12/h3-9,13H,10H2,1-2H3,(H2,17,18,20). The predicted molar refractivity (Wildman–Crippen MR) is 91.4 cm³/mol. The zero-order chi connectivity index (χ0) is 15.2. The highest BCUT2D eigenvalue weighted by Gasteiger charge is 2.15. The van der Waals surface area contributed by atoms with Gasteiger partial charge in [0.05, 0.1) is 6.04 Å². The fourth-order valence-electron chi connectivity index (χ4n) is 1.92. The van der Waals surface area contributed by atoms with Gasteiger partial charge in [0.2, 0.25) is 0 Å². The van der Waals surface area contributed by atoms with Gasteiger partial charge >= 0.3 is 0 Å². The molecule has 1 heterocycles. The van der Waals surface area contributed by atoms with E-state index in [4.69, 9.17) is 12.2 Å². The molecule has 0 spiro atoms. The van der Waals surface area contributed by atoms with Crippen molar-refractivity contribution in [1.29, 1.82) is 0 Å². The summed E-state index contributed by atoms with van der Waals surface area (Å²) in [5.41, 5.74) is 0.770. The Hall–Kier alpha value is -1.50. The van der Waals surface area contributed by atoms with Gasteiger partial charge in [0.25, 0.3) is 0 Å². The maximum absolute atomic E-state index is 12.8. The van der Waals surface area contributed by atoms with Crippen molar-refractivity contribution >= 4 is 34.4 Å². The molecule has 0 bridgehead atoms. The number of thiophene rings is 1. The Labute approximate surface area is 133 Å². The SMILES string of the molecule is CN(C)C(CNC(=S)Nc1ccc(F)cc1)c1cccs1. The van der Waals surface area contributed by atoms with Crippen LogP contribution in [0.3, 0.4) is 0 Å². The Kier molecular flexibility index (Phi) is 5.67. The van der Waals surface area contributed by atoms with E-state index in [1.807, 2.05) is 20.2 Å². The summed E-state index contributed by atoms with van der Waals surface area (Å²) in [4.78, 5) is 3.44. The number of benzene rings is 1. The van der Waals surface area contributed by atoms with E-state index in [2.05, 4.69) is 27.0 Å². The summed E-state index contributed by atoms with van der Waals surface area (Å²) in [6.07, 6.45) is 0. The first kappa shape index (κ1) is 15.9. The molecule has 2 aromatic rings. The summed E-state index contributed by atoms with van der Waals surface area (Å²) < 4.78 is 12.8. The number of thiocarbonyl (C=S) groups is 1. The first-order valence-corrected chi connectivity index (χ1v) is 7.85. The summed E-state index contributed by atoms with van der Waals surface area (Å²) in [6.45, 7) is 0.709. The maximum atomic E-state index is 12.8. The molecule has 21 heavy (non-hydrogen) atoms. The number of hydrogen-bond donors (Lipinski definition) is 2. The van der Waals surface area contributed by atoms with Crippen LogP contribution in [-0.4, -0.2) is 30.7 Å². The van der Waals surface area contributed by atoms with Crippen molar-refractivity contribution in [2.45, 2.75) is 6.04 Å². The monoisotopic (exact) mass is 323 g/mol. The lowest BCUT2D eigenvalue weighted by Gasteiger charge is -2.24. The summed E-state index contributed by atoms with van der Waals surface area (Å²) in [6, 6.07) is 10.5. The quantitative estimate of drug-likeness (QED) is 0.824. The van der Waals surface area contributed by atoms with E-state index < -0.39 is 0 Å². The smallest absolute Gasteiger partial charge is 0.170 e. The molecule has 1 unspecified atom stereocenters. The van der Waals surface area contributed by atoms with Gasteiger partial charge in [-0.05, 0) is 62.0 Å². The molecule has 0 radical (unpaired) electrons. The van der Waals surface area contributed by atoms with Gasteiger partial charge in [-0.15, -0.1) is 11.3 Å². The minimum atomic E-state index is -0.259. The largest absolute Gasteiger partial charge is 0.360 e. The van der Waals surface area contributed by atoms with Gasteiger partial charge < -0.3 is 15.5 Å². The minimum absolute atomic E-state index is 0.259. The van der Waals surface area contributed by atoms with Crippen molar-refractivity contribution in [3.63, 3.8) is 0 Å². The number of halogens is 1. The van der Waals surface area contributed by atoms with Crippen molar-refractivity contribution in [3.05, 3.63) is 52.5 Å². The van der Waals surface area contributed by atoms with Crippen LogP contribution < -0.4 is 10.6 Å². The second-order valence-corrected chi connectivity index (χ2v) is 6.22. The highest BCUT2D eigenvalue weighted by Crippen LogP contribution is 2.22. The maximum Gasteiger partial charge on any atom is 0.170 e. The van der Waals surface area contributed by atoms with Crippen molar-refractivity contribution < 1.29 is 4.39 Å². The topological polar surface area (TPSA) is 27.3 Å². The van der Waals surface area contributed by atoms with Crippen molar-refractivity contribution in [2.24, 2.45) is 0 Å². The first-order valence-electron chi connectivity index (χ1n) is 6.56. The van der Waals surface area contributed by atoms with Crippen LogP contribution in [0.5, 0.6) is 0 Å². The fraction of sp³-hybridized carbons (Fsp3) is 0.267.